The Balaban J connectivity index is 1.93. The van der Waals surface area contributed by atoms with Gasteiger partial charge in [0.15, 0.2) is 6.23 Å². The molecule has 136 valence electrons. The summed E-state index contributed by atoms with van der Waals surface area (Å²) in [5, 5.41) is 10.9. The minimum Gasteiger partial charge on any atom is -0.388 e. The van der Waals surface area contributed by atoms with E-state index in [9.17, 15) is 9.90 Å². The van der Waals surface area contributed by atoms with Gasteiger partial charge in [0, 0.05) is 32.5 Å². The number of ether oxygens (including phenoxy) is 2. The number of nitrogens with zero attached hydrogens (tertiary/aromatic N) is 2. The maximum Gasteiger partial charge on any atom is 0.215 e. The predicted octanol–water partition coefficient (Wildman–Crippen LogP) is 2.04. The molecule has 25 heavy (non-hydrogen) atoms. The number of aliphatic imine (C=N–C) groups is 1. The standard InChI is InChI=1S/C18H24N2O4S/c1-19-17(25-12-14-6-4-3-5-7-14)8-9-20(13-21)18-16(22)10-15(24-18)11-23-2/h3-9,13,15-16,18,22H,10-12H2,1-2H3/b9-8-,19-17?/t15-,16-,18?/m0/s1. The number of methoxy groups -OCH3 is 1. The van der Waals surface area contributed by atoms with E-state index in [0.717, 1.165) is 10.8 Å². The molecule has 6 nitrogen and oxygen atoms in total. The van der Waals surface area contributed by atoms with Crippen molar-refractivity contribution < 1.29 is 19.4 Å². The number of aliphatic hydroxyl groups is 1. The molecule has 0 radical (unpaired) electrons. The summed E-state index contributed by atoms with van der Waals surface area (Å²) in [6, 6.07) is 10.1. The molecule has 1 saturated heterocycles. The van der Waals surface area contributed by atoms with E-state index in [0.29, 0.717) is 19.4 Å². The van der Waals surface area contributed by atoms with E-state index in [2.05, 4.69) is 17.1 Å². The maximum absolute atomic E-state index is 11.4. The Bertz CT molecular complexity index is 594. The number of hydrogen-bond acceptors (Lipinski definition) is 6. The summed E-state index contributed by atoms with van der Waals surface area (Å²) in [4.78, 5) is 16.9. The number of benzene rings is 1. The van der Waals surface area contributed by atoms with Crippen LogP contribution in [0.2, 0.25) is 0 Å². The Morgan fingerprint density at radius 1 is 1.48 bits per heavy atom. The first kappa shape index (κ1) is 19.7. The molecule has 0 saturated carbocycles. The lowest BCUT2D eigenvalue weighted by atomic mass is 10.2. The van der Waals surface area contributed by atoms with Crippen LogP contribution in [0.25, 0.3) is 0 Å². The molecule has 0 aliphatic carbocycles. The lowest BCUT2D eigenvalue weighted by Gasteiger charge is -2.23. The lowest BCUT2D eigenvalue weighted by molar-refractivity contribution is -0.133. The fraction of sp³-hybridized carbons (Fsp3) is 0.444. The molecule has 3 atom stereocenters. The Morgan fingerprint density at radius 2 is 2.24 bits per heavy atom. The topological polar surface area (TPSA) is 71.4 Å². The van der Waals surface area contributed by atoms with Gasteiger partial charge in [-0.2, -0.15) is 0 Å². The second-order valence-electron chi connectivity index (χ2n) is 5.61. The van der Waals surface area contributed by atoms with Crippen LogP contribution in [-0.4, -0.2) is 60.7 Å². The molecule has 1 fully saturated rings. The van der Waals surface area contributed by atoms with Gasteiger partial charge in [-0.05, 0) is 11.6 Å². The predicted molar refractivity (Wildman–Crippen MR) is 99.3 cm³/mol. The second-order valence-corrected chi connectivity index (χ2v) is 6.61. The Morgan fingerprint density at radius 3 is 2.88 bits per heavy atom. The van der Waals surface area contributed by atoms with Crippen LogP contribution in [0.1, 0.15) is 12.0 Å². The van der Waals surface area contributed by atoms with Crippen LogP contribution in [0.5, 0.6) is 0 Å². The SMILES string of the molecule is CN=C(/C=C\N(C=O)C1O[C@H](COC)C[C@@H]1O)SCc1ccccc1. The molecule has 1 aromatic carbocycles. The summed E-state index contributed by atoms with van der Waals surface area (Å²) in [5.41, 5.74) is 1.20. The molecule has 1 aliphatic rings. The van der Waals surface area contributed by atoms with Crippen LogP contribution in [0, 0.1) is 0 Å². The van der Waals surface area contributed by atoms with Gasteiger partial charge < -0.3 is 14.6 Å². The zero-order chi connectivity index (χ0) is 18.1. The van der Waals surface area contributed by atoms with Gasteiger partial charge in [-0.3, -0.25) is 14.7 Å². The van der Waals surface area contributed by atoms with E-state index in [-0.39, 0.29) is 6.10 Å². The number of aliphatic hydroxyl groups excluding tert-OH is 1. The average Bonchev–Trinajstić information content (AvgIpc) is 2.99. The summed E-state index contributed by atoms with van der Waals surface area (Å²) in [5.74, 6) is 0.789. The highest BCUT2D eigenvalue weighted by Gasteiger charge is 2.36. The Hall–Kier alpha value is -1.67. The third-order valence-corrected chi connectivity index (χ3v) is 4.86. The number of thioether (sulfide) groups is 1. The van der Waals surface area contributed by atoms with Gasteiger partial charge in [-0.1, -0.05) is 30.3 Å². The van der Waals surface area contributed by atoms with Crippen molar-refractivity contribution in [2.24, 2.45) is 4.99 Å². The van der Waals surface area contributed by atoms with Crippen molar-refractivity contribution in [3.05, 3.63) is 48.2 Å². The van der Waals surface area contributed by atoms with Gasteiger partial charge >= 0.3 is 0 Å². The zero-order valence-electron chi connectivity index (χ0n) is 14.4. The van der Waals surface area contributed by atoms with Crippen LogP contribution < -0.4 is 0 Å². The summed E-state index contributed by atoms with van der Waals surface area (Å²) in [6.07, 6.45) is 2.77. The van der Waals surface area contributed by atoms with Crippen LogP contribution >= 0.6 is 11.8 Å². The largest absolute Gasteiger partial charge is 0.388 e. The van der Waals surface area contributed by atoms with Gasteiger partial charge in [0.25, 0.3) is 0 Å². The van der Waals surface area contributed by atoms with Gasteiger partial charge in [-0.15, -0.1) is 11.8 Å². The van der Waals surface area contributed by atoms with Crippen molar-refractivity contribution >= 4 is 23.2 Å². The summed E-state index contributed by atoms with van der Waals surface area (Å²) in [6.45, 7) is 0.387. The summed E-state index contributed by atoms with van der Waals surface area (Å²) >= 11 is 1.58. The zero-order valence-corrected chi connectivity index (χ0v) is 15.3. The molecule has 1 amide bonds. The molecule has 1 N–H and O–H groups in total. The molecule has 1 aliphatic heterocycles. The smallest absolute Gasteiger partial charge is 0.215 e. The van der Waals surface area contributed by atoms with E-state index in [4.69, 9.17) is 9.47 Å². The van der Waals surface area contributed by atoms with E-state index in [1.165, 1.54) is 10.5 Å². The van der Waals surface area contributed by atoms with Crippen LogP contribution in [-0.2, 0) is 20.0 Å². The molecule has 0 aromatic heterocycles. The molecular weight excluding hydrogens is 340 g/mol. The highest BCUT2D eigenvalue weighted by atomic mass is 32.2. The number of carbonyl (C=O) groups excluding carboxylic acids is 1. The van der Waals surface area contributed by atoms with E-state index in [1.807, 2.05) is 18.2 Å². The summed E-state index contributed by atoms with van der Waals surface area (Å²) in [7, 11) is 3.28. The Labute approximate surface area is 152 Å². The maximum atomic E-state index is 11.4. The van der Waals surface area contributed by atoms with E-state index in [1.54, 1.807) is 38.2 Å². The van der Waals surface area contributed by atoms with Crippen LogP contribution in [0.3, 0.4) is 0 Å². The number of carbonyl (C=O) groups is 1. The molecular formula is C18H24N2O4S. The van der Waals surface area contributed by atoms with Gasteiger partial charge in [0.2, 0.25) is 6.41 Å². The fourth-order valence-electron chi connectivity index (χ4n) is 2.54. The number of amides is 1. The Kier molecular flexibility index (Phi) is 8.14. The molecule has 1 heterocycles. The van der Waals surface area contributed by atoms with Crippen LogP contribution in [0.4, 0.5) is 0 Å². The van der Waals surface area contributed by atoms with E-state index >= 15 is 0 Å². The molecule has 7 heteroatoms. The minimum atomic E-state index is -0.742. The first-order chi connectivity index (χ1) is 12.2. The van der Waals surface area contributed by atoms with Crippen molar-refractivity contribution in [1.29, 1.82) is 0 Å². The number of hydrogen-bond donors (Lipinski definition) is 1. The van der Waals surface area contributed by atoms with Gasteiger partial charge in [0.05, 0.1) is 17.8 Å². The lowest BCUT2D eigenvalue weighted by Crippen LogP contribution is -2.37. The molecule has 1 aromatic rings. The minimum absolute atomic E-state index is 0.215. The van der Waals surface area contributed by atoms with Crippen LogP contribution in [0.15, 0.2) is 47.6 Å². The molecule has 1 unspecified atom stereocenters. The average molecular weight is 364 g/mol. The van der Waals surface area contributed by atoms with Crippen molar-refractivity contribution in [3.63, 3.8) is 0 Å². The monoisotopic (exact) mass is 364 g/mol. The molecule has 0 spiro atoms. The van der Waals surface area contributed by atoms with E-state index < -0.39 is 12.3 Å². The first-order valence-electron chi connectivity index (χ1n) is 8.04. The quantitative estimate of drug-likeness (QED) is 0.434. The van der Waals surface area contributed by atoms with Gasteiger partial charge in [0.1, 0.15) is 6.10 Å². The summed E-state index contributed by atoms with van der Waals surface area (Å²) < 4.78 is 10.7. The van der Waals surface area contributed by atoms with Crippen molar-refractivity contribution in [1.82, 2.24) is 4.90 Å². The normalized spacial score (nSPS) is 24.0. The van der Waals surface area contributed by atoms with Crippen molar-refractivity contribution in [3.8, 4) is 0 Å². The van der Waals surface area contributed by atoms with Gasteiger partial charge in [-0.25, -0.2) is 0 Å². The number of rotatable bonds is 8. The van der Waals surface area contributed by atoms with Crippen molar-refractivity contribution in [2.75, 3.05) is 20.8 Å². The second kappa shape index (κ2) is 10.4. The highest BCUT2D eigenvalue weighted by molar-refractivity contribution is 8.13. The molecule has 0 bridgehead atoms. The van der Waals surface area contributed by atoms with Crippen molar-refractivity contribution in [2.45, 2.75) is 30.6 Å². The fourth-order valence-corrected chi connectivity index (χ4v) is 3.33. The highest BCUT2D eigenvalue weighted by Crippen LogP contribution is 2.23. The first-order valence-corrected chi connectivity index (χ1v) is 9.03. The third kappa shape index (κ3) is 5.97. The molecule has 2 rings (SSSR count). The third-order valence-electron chi connectivity index (χ3n) is 3.77.